The number of hydrogen-bond donors (Lipinski definition) is 1. The van der Waals surface area contributed by atoms with Crippen molar-refractivity contribution in [2.24, 2.45) is 15.9 Å². The molecule has 16 heavy (non-hydrogen) atoms. The van der Waals surface area contributed by atoms with Crippen LogP contribution in [0, 0.1) is 17.4 Å². The maximum Gasteiger partial charge on any atom is 0.314 e. The number of carboxylic acid groups (broad SMARTS) is 1. The summed E-state index contributed by atoms with van der Waals surface area (Å²) < 4.78 is 4.28. The van der Waals surface area contributed by atoms with Crippen LogP contribution in [0.15, 0.2) is 9.98 Å². The highest BCUT2D eigenvalue weighted by Crippen LogP contribution is 2.16. The van der Waals surface area contributed by atoms with E-state index in [0.717, 1.165) is 6.08 Å². The van der Waals surface area contributed by atoms with Crippen LogP contribution in [-0.2, 0) is 19.1 Å². The molecule has 0 aromatic carbocycles. The summed E-state index contributed by atoms with van der Waals surface area (Å²) >= 11 is 0. The van der Waals surface area contributed by atoms with Crippen LogP contribution in [0.25, 0.3) is 0 Å². The molecule has 0 fully saturated rings. The monoisotopic (exact) mass is 225 g/mol. The second-order valence-corrected chi connectivity index (χ2v) is 2.65. The Morgan fingerprint density at radius 1 is 1.38 bits per heavy atom. The Bertz CT molecular complexity index is 389. The fourth-order valence-corrected chi connectivity index (χ4v) is 1.02. The summed E-state index contributed by atoms with van der Waals surface area (Å²) in [7, 11) is 0. The van der Waals surface area contributed by atoms with E-state index in [1.165, 1.54) is 19.3 Å². The number of nitriles is 1. The summed E-state index contributed by atoms with van der Waals surface area (Å²) in [6.07, 6.45) is 1.90. The van der Waals surface area contributed by atoms with Crippen LogP contribution in [0.1, 0.15) is 6.92 Å². The third-order valence-corrected chi connectivity index (χ3v) is 1.72. The van der Waals surface area contributed by atoms with Crippen LogP contribution in [-0.4, -0.2) is 35.5 Å². The van der Waals surface area contributed by atoms with Gasteiger partial charge in [-0.1, -0.05) is 0 Å². The molecule has 3 unspecified atom stereocenters. The lowest BCUT2D eigenvalue weighted by molar-refractivity contribution is -0.146. The summed E-state index contributed by atoms with van der Waals surface area (Å²) in [6, 6.07) is -1.04. The fraction of sp³-hybridized carbons (Fsp3) is 0.500. The summed E-state index contributed by atoms with van der Waals surface area (Å²) in [5, 5.41) is 17.1. The molecular formula is C8H7N3O5. The largest absolute Gasteiger partial charge is 0.481 e. The second kappa shape index (κ2) is 6.90. The molecule has 0 aromatic heterocycles. The predicted octanol–water partition coefficient (Wildman–Crippen LogP) is -0.429. The highest BCUT2D eigenvalue weighted by Gasteiger charge is 2.35. The van der Waals surface area contributed by atoms with E-state index in [1.54, 1.807) is 0 Å². The minimum Gasteiger partial charge on any atom is -0.481 e. The quantitative estimate of drug-likeness (QED) is 0.371. The van der Waals surface area contributed by atoms with E-state index in [4.69, 9.17) is 10.4 Å². The molecule has 0 bridgehead atoms. The normalized spacial score (nSPS) is 14.2. The average Bonchev–Trinajstić information content (AvgIpc) is 2.18. The van der Waals surface area contributed by atoms with Crippen LogP contribution in [0.4, 0.5) is 0 Å². The molecule has 0 aliphatic rings. The molecule has 8 nitrogen and oxygen atoms in total. The Morgan fingerprint density at radius 3 is 2.31 bits per heavy atom. The van der Waals surface area contributed by atoms with Crippen molar-refractivity contribution in [1.29, 1.82) is 5.26 Å². The van der Waals surface area contributed by atoms with Gasteiger partial charge in [0.15, 0.2) is 0 Å². The summed E-state index contributed by atoms with van der Waals surface area (Å²) in [5.74, 6) is -2.85. The first-order valence-electron chi connectivity index (χ1n) is 4.00. The number of aliphatic carboxylic acids is 1. The van der Waals surface area contributed by atoms with Crippen molar-refractivity contribution in [2.75, 3.05) is 0 Å². The van der Waals surface area contributed by atoms with Crippen LogP contribution in [0.5, 0.6) is 0 Å². The molecule has 0 aliphatic carbocycles. The van der Waals surface area contributed by atoms with E-state index >= 15 is 0 Å². The van der Waals surface area contributed by atoms with Gasteiger partial charge in [0, 0.05) is 0 Å². The summed E-state index contributed by atoms with van der Waals surface area (Å²) in [4.78, 5) is 37.0. The highest BCUT2D eigenvalue weighted by molar-refractivity contribution is 5.72. The Labute approximate surface area is 89.9 Å². The minimum absolute atomic E-state index is 1.04. The molecule has 0 rings (SSSR count). The Balaban J connectivity index is 5.13. The molecule has 0 spiro atoms. The molecule has 0 amide bonds. The average molecular weight is 225 g/mol. The van der Waals surface area contributed by atoms with Gasteiger partial charge < -0.3 is 9.84 Å². The fourth-order valence-electron chi connectivity index (χ4n) is 1.02. The maximum absolute atomic E-state index is 10.8. The third-order valence-electron chi connectivity index (χ3n) is 1.72. The number of carboxylic acids is 1. The van der Waals surface area contributed by atoms with Gasteiger partial charge in [0.2, 0.25) is 18.4 Å². The molecule has 84 valence electrons. The number of isocyanates is 2. The number of carbonyl (C=O) groups is 1. The number of nitrogens with zero attached hydrogens (tertiary/aromatic N) is 3. The highest BCUT2D eigenvalue weighted by atomic mass is 16.5. The van der Waals surface area contributed by atoms with Gasteiger partial charge in [-0.2, -0.15) is 10.3 Å². The smallest absolute Gasteiger partial charge is 0.314 e. The van der Waals surface area contributed by atoms with E-state index in [9.17, 15) is 14.4 Å². The van der Waals surface area contributed by atoms with Gasteiger partial charge in [0.1, 0.15) is 5.92 Å². The first-order chi connectivity index (χ1) is 7.58. The standard InChI is InChI=1S/C8H7N3O5/c1-5(10-3-12)6(8(14)15)7(11-4-13)16-2-9/h5-7H,1H3,(H,14,15). The van der Waals surface area contributed by atoms with Crippen molar-refractivity contribution >= 4 is 18.1 Å². The van der Waals surface area contributed by atoms with Crippen molar-refractivity contribution in [3.63, 3.8) is 0 Å². The molecule has 0 aliphatic heterocycles. The van der Waals surface area contributed by atoms with Crippen molar-refractivity contribution < 1.29 is 24.2 Å². The molecule has 0 aromatic rings. The molecule has 0 saturated carbocycles. The predicted molar refractivity (Wildman–Crippen MR) is 47.3 cm³/mol. The zero-order valence-corrected chi connectivity index (χ0v) is 8.15. The number of hydrogen-bond acceptors (Lipinski definition) is 7. The van der Waals surface area contributed by atoms with Gasteiger partial charge in [-0.05, 0) is 6.92 Å². The van der Waals surface area contributed by atoms with Gasteiger partial charge in [0.25, 0.3) is 6.26 Å². The molecule has 0 radical (unpaired) electrons. The number of ether oxygens (including phenoxy) is 1. The van der Waals surface area contributed by atoms with Crippen LogP contribution < -0.4 is 0 Å². The van der Waals surface area contributed by atoms with Gasteiger partial charge in [-0.15, -0.1) is 0 Å². The second-order valence-electron chi connectivity index (χ2n) is 2.65. The number of carbonyl (C=O) groups excluding carboxylic acids is 2. The van der Waals surface area contributed by atoms with E-state index in [2.05, 4.69) is 14.7 Å². The Hall–Kier alpha value is -2.48. The van der Waals surface area contributed by atoms with Crippen molar-refractivity contribution in [3.8, 4) is 6.26 Å². The van der Waals surface area contributed by atoms with Crippen LogP contribution in [0.2, 0.25) is 0 Å². The number of aliphatic imine (C=N–C) groups is 2. The first kappa shape index (κ1) is 13.5. The molecule has 3 atom stereocenters. The molecule has 1 N–H and O–H groups in total. The van der Waals surface area contributed by atoms with Gasteiger partial charge in [-0.3, -0.25) is 4.79 Å². The van der Waals surface area contributed by atoms with Crippen LogP contribution in [0.3, 0.4) is 0 Å². The molecule has 0 heterocycles. The van der Waals surface area contributed by atoms with Crippen molar-refractivity contribution in [3.05, 3.63) is 0 Å². The van der Waals surface area contributed by atoms with Crippen molar-refractivity contribution in [2.45, 2.75) is 19.2 Å². The lowest BCUT2D eigenvalue weighted by atomic mass is 10.0. The maximum atomic E-state index is 10.8. The molecule has 8 heteroatoms. The Morgan fingerprint density at radius 2 is 1.94 bits per heavy atom. The lowest BCUT2D eigenvalue weighted by Gasteiger charge is -2.18. The van der Waals surface area contributed by atoms with Gasteiger partial charge >= 0.3 is 5.97 Å². The summed E-state index contributed by atoms with van der Waals surface area (Å²) in [5.41, 5.74) is 0. The number of rotatable bonds is 6. The zero-order chi connectivity index (χ0) is 12.6. The minimum atomic E-state index is -1.56. The molecular weight excluding hydrogens is 218 g/mol. The van der Waals surface area contributed by atoms with E-state index in [-0.39, 0.29) is 0 Å². The van der Waals surface area contributed by atoms with E-state index < -0.39 is 24.2 Å². The van der Waals surface area contributed by atoms with Crippen LogP contribution >= 0.6 is 0 Å². The molecule has 0 saturated heterocycles. The third kappa shape index (κ3) is 3.72. The zero-order valence-electron chi connectivity index (χ0n) is 8.15. The van der Waals surface area contributed by atoms with E-state index in [0.29, 0.717) is 0 Å². The SMILES string of the molecule is CC(N=C=O)C(C(=O)O)C(N=C=O)OC#N. The Kier molecular flexibility index (Phi) is 5.83. The van der Waals surface area contributed by atoms with Crippen molar-refractivity contribution in [1.82, 2.24) is 0 Å². The van der Waals surface area contributed by atoms with E-state index in [1.807, 2.05) is 0 Å². The first-order valence-corrected chi connectivity index (χ1v) is 4.00. The summed E-state index contributed by atoms with van der Waals surface area (Å²) in [6.45, 7) is 1.29. The van der Waals surface area contributed by atoms with Gasteiger partial charge in [0.05, 0.1) is 6.04 Å². The van der Waals surface area contributed by atoms with Gasteiger partial charge in [-0.25, -0.2) is 14.6 Å². The lowest BCUT2D eigenvalue weighted by Crippen LogP contribution is -2.35. The topological polar surface area (TPSA) is 129 Å².